The van der Waals surface area contributed by atoms with Crippen molar-refractivity contribution in [2.45, 2.75) is 39.7 Å². The van der Waals surface area contributed by atoms with Gasteiger partial charge in [-0.2, -0.15) is 0 Å². The van der Waals surface area contributed by atoms with Crippen LogP contribution in [0, 0.1) is 5.92 Å². The highest BCUT2D eigenvalue weighted by Crippen LogP contribution is 2.33. The van der Waals surface area contributed by atoms with E-state index in [2.05, 4.69) is 18.7 Å². The van der Waals surface area contributed by atoms with Gasteiger partial charge in [-0.15, -0.1) is 23.7 Å². The summed E-state index contributed by atoms with van der Waals surface area (Å²) in [5, 5.41) is 12.7. The standard InChI is InChI=1S/C16H27NO3S.ClH/c1-5-17(6-2)9-10-20-15(18)16(19,12-13(3)4)14-8-7-11-21-14;/h7-8,11,13,19H,5-6,9-10,12H2,1-4H3;1H. The van der Waals surface area contributed by atoms with Crippen molar-refractivity contribution in [1.82, 2.24) is 4.90 Å². The second-order valence-corrected chi connectivity index (χ2v) is 6.55. The molecule has 1 aromatic heterocycles. The summed E-state index contributed by atoms with van der Waals surface area (Å²) in [7, 11) is 0. The fraction of sp³-hybridized carbons (Fsp3) is 0.688. The molecule has 0 saturated heterocycles. The van der Waals surface area contributed by atoms with Gasteiger partial charge >= 0.3 is 5.97 Å². The normalized spacial score (nSPS) is 13.8. The molecule has 0 amide bonds. The predicted molar refractivity (Wildman–Crippen MR) is 93.7 cm³/mol. The SMILES string of the molecule is CCN(CC)CCOC(=O)C(O)(CC(C)C)c1cccs1.Cl. The molecule has 0 aliphatic carbocycles. The third-order valence-electron chi connectivity index (χ3n) is 3.51. The molecule has 128 valence electrons. The molecule has 1 N–H and O–H groups in total. The molecule has 1 atom stereocenters. The van der Waals surface area contributed by atoms with Crippen LogP contribution >= 0.6 is 23.7 Å². The van der Waals surface area contributed by atoms with E-state index >= 15 is 0 Å². The van der Waals surface area contributed by atoms with Crippen LogP contribution in [-0.4, -0.2) is 42.2 Å². The zero-order chi connectivity index (χ0) is 15.9. The molecular weight excluding hydrogens is 322 g/mol. The molecule has 1 unspecified atom stereocenters. The number of ether oxygens (including phenoxy) is 1. The molecule has 1 aromatic rings. The van der Waals surface area contributed by atoms with Gasteiger partial charge in [-0.05, 0) is 36.9 Å². The van der Waals surface area contributed by atoms with Gasteiger partial charge in [-0.1, -0.05) is 33.8 Å². The van der Waals surface area contributed by atoms with Crippen LogP contribution in [0.1, 0.15) is 39.0 Å². The molecule has 0 aromatic carbocycles. The van der Waals surface area contributed by atoms with Crippen molar-refractivity contribution in [3.05, 3.63) is 22.4 Å². The van der Waals surface area contributed by atoms with Gasteiger partial charge in [0.15, 0.2) is 5.60 Å². The number of rotatable bonds is 9. The highest BCUT2D eigenvalue weighted by molar-refractivity contribution is 7.10. The average molecular weight is 350 g/mol. The van der Waals surface area contributed by atoms with Crippen LogP contribution in [0.5, 0.6) is 0 Å². The van der Waals surface area contributed by atoms with Gasteiger partial charge < -0.3 is 14.7 Å². The van der Waals surface area contributed by atoms with E-state index in [1.165, 1.54) is 11.3 Å². The van der Waals surface area contributed by atoms with Crippen molar-refractivity contribution in [3.63, 3.8) is 0 Å². The van der Waals surface area contributed by atoms with Crippen LogP contribution in [0.4, 0.5) is 0 Å². The second kappa shape index (κ2) is 10.2. The van der Waals surface area contributed by atoms with Crippen molar-refractivity contribution in [1.29, 1.82) is 0 Å². The summed E-state index contributed by atoms with van der Waals surface area (Å²) in [5.74, 6) is -0.335. The van der Waals surface area contributed by atoms with Gasteiger partial charge in [-0.25, -0.2) is 4.79 Å². The Labute approximate surface area is 143 Å². The molecule has 4 nitrogen and oxygen atoms in total. The lowest BCUT2D eigenvalue weighted by atomic mass is 9.91. The summed E-state index contributed by atoms with van der Waals surface area (Å²) in [6.45, 7) is 11.0. The van der Waals surface area contributed by atoms with Crippen molar-refractivity contribution in [2.24, 2.45) is 5.92 Å². The van der Waals surface area contributed by atoms with Gasteiger partial charge in [0.25, 0.3) is 0 Å². The Morgan fingerprint density at radius 3 is 2.50 bits per heavy atom. The molecule has 0 fully saturated rings. The topological polar surface area (TPSA) is 49.8 Å². The first-order valence-corrected chi connectivity index (χ1v) is 8.47. The van der Waals surface area contributed by atoms with E-state index in [9.17, 15) is 9.90 Å². The summed E-state index contributed by atoms with van der Waals surface area (Å²) in [6.07, 6.45) is 0.373. The summed E-state index contributed by atoms with van der Waals surface area (Å²) in [6, 6.07) is 3.63. The molecule has 1 heterocycles. The second-order valence-electron chi connectivity index (χ2n) is 5.60. The van der Waals surface area contributed by atoms with Crippen LogP contribution in [0.15, 0.2) is 17.5 Å². The third-order valence-corrected chi connectivity index (χ3v) is 4.53. The number of carbonyl (C=O) groups excluding carboxylic acids is 1. The minimum atomic E-state index is -1.52. The molecule has 0 bridgehead atoms. The summed E-state index contributed by atoms with van der Waals surface area (Å²) in [4.78, 5) is 15.2. The first-order valence-electron chi connectivity index (χ1n) is 7.60. The van der Waals surface area contributed by atoms with E-state index in [0.717, 1.165) is 13.1 Å². The van der Waals surface area contributed by atoms with Gasteiger partial charge in [0.2, 0.25) is 0 Å². The van der Waals surface area contributed by atoms with Crippen molar-refractivity contribution in [2.75, 3.05) is 26.2 Å². The monoisotopic (exact) mass is 349 g/mol. The Balaban J connectivity index is 0.00000441. The van der Waals surface area contributed by atoms with E-state index in [1.807, 2.05) is 25.3 Å². The molecule has 0 radical (unpaired) electrons. The van der Waals surface area contributed by atoms with Crippen molar-refractivity contribution in [3.8, 4) is 0 Å². The van der Waals surface area contributed by atoms with E-state index in [4.69, 9.17) is 4.74 Å². The zero-order valence-electron chi connectivity index (χ0n) is 13.9. The quantitative estimate of drug-likeness (QED) is 0.695. The largest absolute Gasteiger partial charge is 0.462 e. The van der Waals surface area contributed by atoms with Gasteiger partial charge in [-0.3, -0.25) is 0 Å². The average Bonchev–Trinajstić information content (AvgIpc) is 2.97. The van der Waals surface area contributed by atoms with E-state index < -0.39 is 11.6 Å². The number of halogens is 1. The molecular formula is C16H28ClNO3S. The van der Waals surface area contributed by atoms with Gasteiger partial charge in [0, 0.05) is 11.4 Å². The number of nitrogens with zero attached hydrogens (tertiary/aromatic N) is 1. The minimum absolute atomic E-state index is 0. The lowest BCUT2D eigenvalue weighted by molar-refractivity contribution is -0.168. The first-order chi connectivity index (χ1) is 9.93. The highest BCUT2D eigenvalue weighted by atomic mass is 35.5. The number of esters is 1. The van der Waals surface area contributed by atoms with Crippen LogP contribution in [-0.2, 0) is 15.1 Å². The smallest absolute Gasteiger partial charge is 0.343 e. The zero-order valence-corrected chi connectivity index (χ0v) is 15.5. The van der Waals surface area contributed by atoms with Crippen molar-refractivity contribution >= 4 is 29.7 Å². The Morgan fingerprint density at radius 1 is 1.41 bits per heavy atom. The fourth-order valence-electron chi connectivity index (χ4n) is 2.32. The van der Waals surface area contributed by atoms with E-state index in [0.29, 0.717) is 24.4 Å². The van der Waals surface area contributed by atoms with Crippen LogP contribution in [0.2, 0.25) is 0 Å². The maximum Gasteiger partial charge on any atom is 0.343 e. The number of aliphatic hydroxyl groups is 1. The van der Waals surface area contributed by atoms with E-state index in [-0.39, 0.29) is 18.3 Å². The van der Waals surface area contributed by atoms with Crippen LogP contribution in [0.3, 0.4) is 0 Å². The number of hydrogen-bond acceptors (Lipinski definition) is 5. The maximum atomic E-state index is 12.4. The lowest BCUT2D eigenvalue weighted by Gasteiger charge is -2.27. The number of carbonyl (C=O) groups is 1. The molecule has 0 aliphatic rings. The summed E-state index contributed by atoms with van der Waals surface area (Å²) in [5.41, 5.74) is -1.52. The Kier molecular flexibility index (Phi) is 9.92. The molecule has 22 heavy (non-hydrogen) atoms. The third kappa shape index (κ3) is 5.88. The molecule has 6 heteroatoms. The number of likely N-dealkylation sites (N-methyl/N-ethyl adjacent to an activating group) is 1. The van der Waals surface area contributed by atoms with E-state index in [1.54, 1.807) is 6.07 Å². The molecule has 0 spiro atoms. The molecule has 1 rings (SSSR count). The summed E-state index contributed by atoms with van der Waals surface area (Å²) < 4.78 is 5.34. The number of thiophene rings is 1. The van der Waals surface area contributed by atoms with Crippen LogP contribution < -0.4 is 0 Å². The first kappa shape index (κ1) is 21.4. The minimum Gasteiger partial charge on any atom is -0.462 e. The van der Waals surface area contributed by atoms with Gasteiger partial charge in [0.1, 0.15) is 6.61 Å². The maximum absolute atomic E-state index is 12.4. The predicted octanol–water partition coefficient (Wildman–Crippen LogP) is 3.29. The molecule has 0 saturated carbocycles. The van der Waals surface area contributed by atoms with Gasteiger partial charge in [0.05, 0.1) is 0 Å². The fourth-order valence-corrected chi connectivity index (χ4v) is 3.14. The molecule has 0 aliphatic heterocycles. The number of hydrogen-bond donors (Lipinski definition) is 1. The Bertz CT molecular complexity index is 421. The van der Waals surface area contributed by atoms with Crippen molar-refractivity contribution < 1.29 is 14.6 Å². The Hall–Kier alpha value is -0.620. The van der Waals surface area contributed by atoms with Crippen LogP contribution in [0.25, 0.3) is 0 Å². The highest BCUT2D eigenvalue weighted by Gasteiger charge is 2.41. The summed E-state index contributed by atoms with van der Waals surface area (Å²) >= 11 is 1.39. The Morgan fingerprint density at radius 2 is 2.05 bits per heavy atom. The lowest BCUT2D eigenvalue weighted by Crippen LogP contribution is -2.39.